The second-order valence-corrected chi connectivity index (χ2v) is 2.78. The molecule has 1 aromatic carbocycles. The van der Waals surface area contributed by atoms with Crippen LogP contribution in [0.15, 0.2) is 18.2 Å². The van der Waals surface area contributed by atoms with Crippen molar-refractivity contribution < 1.29 is 9.13 Å². The molecule has 1 aromatic rings. The highest BCUT2D eigenvalue weighted by molar-refractivity contribution is 6.19. The topological polar surface area (TPSA) is 9.23 Å². The fourth-order valence-electron chi connectivity index (χ4n) is 0.982. The van der Waals surface area contributed by atoms with Gasteiger partial charge >= 0.3 is 0 Å². The molecule has 3 heteroatoms. The van der Waals surface area contributed by atoms with E-state index in [1.54, 1.807) is 12.1 Å². The summed E-state index contributed by atoms with van der Waals surface area (Å²) in [6.45, 7) is 2.37. The molecule has 0 atom stereocenters. The third-order valence-corrected chi connectivity index (χ3v) is 1.68. The maximum Gasteiger partial charge on any atom is 0.142 e. The minimum Gasteiger partial charge on any atom is -0.494 e. The van der Waals surface area contributed by atoms with Gasteiger partial charge in [-0.15, -0.1) is 11.6 Å². The van der Waals surface area contributed by atoms with Crippen molar-refractivity contribution in [2.24, 2.45) is 0 Å². The molecule has 0 unspecified atom stereocenters. The second kappa shape index (κ2) is 5.51. The van der Waals surface area contributed by atoms with Gasteiger partial charge in [0.25, 0.3) is 0 Å². The van der Waals surface area contributed by atoms with Crippen molar-refractivity contribution in [3.8, 4) is 17.6 Å². The third-order valence-electron chi connectivity index (χ3n) is 1.54. The number of benzene rings is 1. The van der Waals surface area contributed by atoms with Gasteiger partial charge in [-0.2, -0.15) is 0 Å². The van der Waals surface area contributed by atoms with E-state index in [4.69, 9.17) is 16.3 Å². The zero-order chi connectivity index (χ0) is 10.4. The predicted molar refractivity (Wildman–Crippen MR) is 55.2 cm³/mol. The number of alkyl halides is 1. The van der Waals surface area contributed by atoms with Crippen LogP contribution in [-0.2, 0) is 0 Å². The van der Waals surface area contributed by atoms with Gasteiger partial charge in [0, 0.05) is 6.07 Å². The Bertz CT molecular complexity index is 365. The molecule has 0 N–H and O–H groups in total. The normalized spacial score (nSPS) is 9.07. The molecule has 0 fully saturated rings. The lowest BCUT2D eigenvalue weighted by Crippen LogP contribution is -1.93. The van der Waals surface area contributed by atoms with E-state index >= 15 is 0 Å². The molecule has 0 aliphatic carbocycles. The Balaban J connectivity index is 2.89. The summed E-state index contributed by atoms with van der Waals surface area (Å²) in [6, 6.07) is 4.59. The van der Waals surface area contributed by atoms with E-state index in [9.17, 15) is 4.39 Å². The molecule has 1 rings (SSSR count). The monoisotopic (exact) mass is 212 g/mol. The molecule has 0 radical (unpaired) electrons. The summed E-state index contributed by atoms with van der Waals surface area (Å²) in [5.74, 6) is 5.55. The highest BCUT2D eigenvalue weighted by Crippen LogP contribution is 2.15. The summed E-state index contributed by atoms with van der Waals surface area (Å²) in [6.07, 6.45) is 0. The van der Waals surface area contributed by atoms with Gasteiger partial charge in [0.2, 0.25) is 0 Å². The molecule has 0 saturated carbocycles. The van der Waals surface area contributed by atoms with Crippen LogP contribution in [0.4, 0.5) is 4.39 Å². The van der Waals surface area contributed by atoms with Crippen molar-refractivity contribution in [2.75, 3.05) is 12.5 Å². The second-order valence-electron chi connectivity index (χ2n) is 2.51. The van der Waals surface area contributed by atoms with Crippen molar-refractivity contribution >= 4 is 11.6 Å². The van der Waals surface area contributed by atoms with Crippen LogP contribution in [0.3, 0.4) is 0 Å². The van der Waals surface area contributed by atoms with Crippen LogP contribution < -0.4 is 4.74 Å². The van der Waals surface area contributed by atoms with E-state index in [1.165, 1.54) is 6.07 Å². The highest BCUT2D eigenvalue weighted by Gasteiger charge is 2.00. The number of ether oxygens (including phenoxy) is 1. The number of hydrogen-bond donors (Lipinski definition) is 0. The average Bonchev–Trinajstić information content (AvgIpc) is 2.17. The molecule has 0 aliphatic rings. The molecule has 0 heterocycles. The van der Waals surface area contributed by atoms with Gasteiger partial charge in [0.05, 0.1) is 18.1 Å². The van der Waals surface area contributed by atoms with Gasteiger partial charge in [-0.1, -0.05) is 11.8 Å². The van der Waals surface area contributed by atoms with Crippen LogP contribution in [0.25, 0.3) is 0 Å². The quantitative estimate of drug-likeness (QED) is 0.541. The lowest BCUT2D eigenvalue weighted by atomic mass is 10.2. The zero-order valence-electron chi connectivity index (χ0n) is 7.81. The van der Waals surface area contributed by atoms with Gasteiger partial charge in [0.15, 0.2) is 0 Å². The minimum absolute atomic E-state index is 0.201. The molecule has 0 saturated heterocycles. The minimum atomic E-state index is -0.381. The lowest BCUT2D eigenvalue weighted by Gasteiger charge is -2.02. The molecule has 1 nitrogen and oxygen atoms in total. The number of halogens is 2. The predicted octanol–water partition coefficient (Wildman–Crippen LogP) is 2.81. The Kier molecular flexibility index (Phi) is 4.28. The first kappa shape index (κ1) is 10.9. The molecule has 0 spiro atoms. The van der Waals surface area contributed by atoms with Crippen LogP contribution in [0.2, 0.25) is 0 Å². The standard InChI is InChI=1S/C11H10ClFO/c1-2-14-10-6-5-9(4-3-7-12)11(13)8-10/h5-6,8H,2,7H2,1H3. The van der Waals surface area contributed by atoms with E-state index in [0.717, 1.165) is 0 Å². The Hall–Kier alpha value is -1.20. The van der Waals surface area contributed by atoms with E-state index in [2.05, 4.69) is 11.8 Å². The van der Waals surface area contributed by atoms with Crippen LogP contribution in [-0.4, -0.2) is 12.5 Å². The van der Waals surface area contributed by atoms with E-state index in [-0.39, 0.29) is 11.7 Å². The lowest BCUT2D eigenvalue weighted by molar-refractivity contribution is 0.338. The zero-order valence-corrected chi connectivity index (χ0v) is 8.57. The Labute approximate surface area is 87.8 Å². The van der Waals surface area contributed by atoms with Gasteiger partial charge in [-0.3, -0.25) is 0 Å². The van der Waals surface area contributed by atoms with E-state index < -0.39 is 0 Å². The Morgan fingerprint density at radius 3 is 2.86 bits per heavy atom. The first-order valence-electron chi connectivity index (χ1n) is 4.25. The summed E-state index contributed by atoms with van der Waals surface area (Å²) < 4.78 is 18.4. The molecule has 0 aromatic heterocycles. The SMILES string of the molecule is CCOc1ccc(C#CCCl)c(F)c1. The summed E-state index contributed by atoms with van der Waals surface area (Å²) in [7, 11) is 0. The maximum atomic E-state index is 13.3. The van der Waals surface area contributed by atoms with Crippen LogP contribution in [0, 0.1) is 17.7 Å². The highest BCUT2D eigenvalue weighted by atomic mass is 35.5. The summed E-state index contributed by atoms with van der Waals surface area (Å²) in [4.78, 5) is 0. The van der Waals surface area contributed by atoms with Crippen molar-refractivity contribution in [2.45, 2.75) is 6.92 Å². The summed E-state index contributed by atoms with van der Waals surface area (Å²) >= 11 is 5.36. The van der Waals surface area contributed by atoms with Gasteiger partial charge in [-0.05, 0) is 19.1 Å². The number of hydrogen-bond acceptors (Lipinski definition) is 1. The van der Waals surface area contributed by atoms with Gasteiger partial charge < -0.3 is 4.74 Å². The number of rotatable bonds is 2. The fourth-order valence-corrected chi connectivity index (χ4v) is 1.05. The van der Waals surface area contributed by atoms with E-state index in [0.29, 0.717) is 17.9 Å². The van der Waals surface area contributed by atoms with Crippen molar-refractivity contribution in [1.82, 2.24) is 0 Å². The van der Waals surface area contributed by atoms with Gasteiger partial charge in [0.1, 0.15) is 11.6 Å². The first-order chi connectivity index (χ1) is 6.77. The molecular formula is C11H10ClFO. The Morgan fingerprint density at radius 2 is 2.29 bits per heavy atom. The molecule has 0 aliphatic heterocycles. The van der Waals surface area contributed by atoms with Crippen LogP contribution in [0.1, 0.15) is 12.5 Å². The summed E-state index contributed by atoms with van der Waals surface area (Å²) in [5, 5.41) is 0. The molecule has 0 amide bonds. The third kappa shape index (κ3) is 2.93. The van der Waals surface area contributed by atoms with E-state index in [1.807, 2.05) is 6.92 Å². The maximum absolute atomic E-state index is 13.3. The largest absolute Gasteiger partial charge is 0.494 e. The smallest absolute Gasteiger partial charge is 0.142 e. The van der Waals surface area contributed by atoms with Crippen molar-refractivity contribution in [3.05, 3.63) is 29.6 Å². The molecule has 74 valence electrons. The molecule has 14 heavy (non-hydrogen) atoms. The van der Waals surface area contributed by atoms with Crippen molar-refractivity contribution in [3.63, 3.8) is 0 Å². The molecule has 0 bridgehead atoms. The van der Waals surface area contributed by atoms with Crippen LogP contribution >= 0.6 is 11.6 Å². The van der Waals surface area contributed by atoms with Crippen LogP contribution in [0.5, 0.6) is 5.75 Å². The average molecular weight is 213 g/mol. The van der Waals surface area contributed by atoms with Gasteiger partial charge in [-0.25, -0.2) is 4.39 Å². The Morgan fingerprint density at radius 1 is 1.50 bits per heavy atom. The fraction of sp³-hybridized carbons (Fsp3) is 0.273. The van der Waals surface area contributed by atoms with Crippen molar-refractivity contribution in [1.29, 1.82) is 0 Å². The summed E-state index contributed by atoms with van der Waals surface area (Å²) in [5.41, 5.74) is 0.342. The first-order valence-corrected chi connectivity index (χ1v) is 4.78. The molecular weight excluding hydrogens is 203 g/mol.